The van der Waals surface area contributed by atoms with E-state index >= 15 is 0 Å². The molecular formula is C27H31ClN8O3. The van der Waals surface area contributed by atoms with Crippen LogP contribution in [0.5, 0.6) is 0 Å². The SMILES string of the molecule is Nc1cc(N2CCN(C(=O)N[C@H]3CCCCN(CC(=O)Nc4ccncc4)C3=O)CC2)c2ccc(Cl)cc2n1. The van der Waals surface area contributed by atoms with Gasteiger partial charge in [0.05, 0.1) is 12.1 Å². The van der Waals surface area contributed by atoms with Crippen LogP contribution in [0.1, 0.15) is 19.3 Å². The summed E-state index contributed by atoms with van der Waals surface area (Å²) in [6.07, 6.45) is 5.27. The molecule has 11 nitrogen and oxygen atoms in total. The number of amides is 4. The number of aromatic nitrogens is 2. The van der Waals surface area contributed by atoms with E-state index in [0.29, 0.717) is 55.7 Å². The van der Waals surface area contributed by atoms with Gasteiger partial charge in [-0.2, -0.15) is 0 Å². The highest BCUT2D eigenvalue weighted by molar-refractivity contribution is 6.31. The van der Waals surface area contributed by atoms with E-state index in [2.05, 4.69) is 25.5 Å². The molecule has 12 heteroatoms. The summed E-state index contributed by atoms with van der Waals surface area (Å²) < 4.78 is 0. The molecule has 204 valence electrons. The fourth-order valence-electron chi connectivity index (χ4n) is 5.06. The summed E-state index contributed by atoms with van der Waals surface area (Å²) >= 11 is 6.14. The van der Waals surface area contributed by atoms with Crippen molar-refractivity contribution in [2.45, 2.75) is 25.3 Å². The maximum absolute atomic E-state index is 13.2. The van der Waals surface area contributed by atoms with Crippen LogP contribution in [-0.2, 0) is 9.59 Å². The van der Waals surface area contributed by atoms with E-state index in [1.165, 1.54) is 4.90 Å². The van der Waals surface area contributed by atoms with Crippen LogP contribution < -0.4 is 21.3 Å². The lowest BCUT2D eigenvalue weighted by Crippen LogP contribution is -2.56. The maximum atomic E-state index is 13.2. The molecule has 4 heterocycles. The molecule has 5 rings (SSSR count). The summed E-state index contributed by atoms with van der Waals surface area (Å²) in [7, 11) is 0. The Kier molecular flexibility index (Phi) is 7.97. The molecule has 0 unspecified atom stereocenters. The van der Waals surface area contributed by atoms with Gasteiger partial charge in [-0.25, -0.2) is 9.78 Å². The van der Waals surface area contributed by atoms with Crippen molar-refractivity contribution in [3.8, 4) is 0 Å². The van der Waals surface area contributed by atoms with Crippen molar-refractivity contribution in [3.05, 3.63) is 53.8 Å². The molecule has 0 radical (unpaired) electrons. The van der Waals surface area contributed by atoms with Crippen LogP contribution in [-0.4, -0.2) is 82.9 Å². The monoisotopic (exact) mass is 550 g/mol. The topological polar surface area (TPSA) is 137 Å². The number of anilines is 3. The fourth-order valence-corrected chi connectivity index (χ4v) is 5.23. The maximum Gasteiger partial charge on any atom is 0.318 e. The number of likely N-dealkylation sites (tertiary alicyclic amines) is 1. The van der Waals surface area contributed by atoms with Crippen LogP contribution in [0, 0.1) is 0 Å². The van der Waals surface area contributed by atoms with Gasteiger partial charge in [0.1, 0.15) is 11.9 Å². The van der Waals surface area contributed by atoms with E-state index in [-0.39, 0.29) is 24.4 Å². The number of hydrogen-bond donors (Lipinski definition) is 3. The molecule has 2 aromatic heterocycles. The van der Waals surface area contributed by atoms with Crippen molar-refractivity contribution in [1.29, 1.82) is 0 Å². The fraction of sp³-hybridized carbons (Fsp3) is 0.370. The minimum absolute atomic E-state index is 0.0690. The van der Waals surface area contributed by atoms with Crippen molar-refractivity contribution in [1.82, 2.24) is 25.1 Å². The Balaban J connectivity index is 1.18. The molecular weight excluding hydrogens is 520 g/mol. The van der Waals surface area contributed by atoms with Crippen molar-refractivity contribution < 1.29 is 14.4 Å². The van der Waals surface area contributed by atoms with E-state index in [9.17, 15) is 14.4 Å². The van der Waals surface area contributed by atoms with Crippen LogP contribution in [0.25, 0.3) is 10.9 Å². The second-order valence-corrected chi connectivity index (χ2v) is 10.2. The predicted octanol–water partition coefficient (Wildman–Crippen LogP) is 2.72. The molecule has 0 spiro atoms. The highest BCUT2D eigenvalue weighted by Gasteiger charge is 2.31. The van der Waals surface area contributed by atoms with E-state index in [0.717, 1.165) is 29.4 Å². The molecule has 2 saturated heterocycles. The number of urea groups is 1. The van der Waals surface area contributed by atoms with Crippen LogP contribution in [0.4, 0.5) is 22.0 Å². The third kappa shape index (κ3) is 6.31. The summed E-state index contributed by atoms with van der Waals surface area (Å²) in [5.41, 5.74) is 8.34. The number of nitrogen functional groups attached to an aromatic ring is 1. The Bertz CT molecular complexity index is 1360. The molecule has 0 aliphatic carbocycles. The molecule has 1 atom stereocenters. The zero-order valence-corrected chi connectivity index (χ0v) is 22.2. The molecule has 3 aromatic rings. The standard InChI is InChI=1S/C27H31ClN8O3/c28-18-4-5-20-22(15-18)32-24(29)16-23(20)34-11-13-35(14-12-34)27(39)33-21-3-1-2-10-36(26(21)38)17-25(37)31-19-6-8-30-9-7-19/h4-9,15-16,21H,1-3,10-14,17H2,(H2,29,32)(H,33,39)(H,30,31,37)/t21-/m0/s1. The lowest BCUT2D eigenvalue weighted by molar-refractivity contribution is -0.135. The van der Waals surface area contributed by atoms with E-state index < -0.39 is 6.04 Å². The van der Waals surface area contributed by atoms with E-state index in [4.69, 9.17) is 17.3 Å². The predicted molar refractivity (Wildman–Crippen MR) is 151 cm³/mol. The molecule has 39 heavy (non-hydrogen) atoms. The normalized spacial score (nSPS) is 18.1. The molecule has 4 amide bonds. The van der Waals surface area contributed by atoms with E-state index in [1.807, 2.05) is 18.2 Å². The quantitative estimate of drug-likeness (QED) is 0.444. The highest BCUT2D eigenvalue weighted by atomic mass is 35.5. The van der Waals surface area contributed by atoms with E-state index in [1.54, 1.807) is 35.5 Å². The Morgan fingerprint density at radius 3 is 2.56 bits per heavy atom. The van der Waals surface area contributed by atoms with Gasteiger partial charge in [0.25, 0.3) is 0 Å². The van der Waals surface area contributed by atoms with Gasteiger partial charge in [0, 0.05) is 73.0 Å². The largest absolute Gasteiger partial charge is 0.384 e. The number of fused-ring (bicyclic) bond motifs is 1. The highest BCUT2D eigenvalue weighted by Crippen LogP contribution is 2.30. The lowest BCUT2D eigenvalue weighted by atomic mass is 10.1. The van der Waals surface area contributed by atoms with Crippen molar-refractivity contribution >= 4 is 57.5 Å². The number of nitrogens with two attached hydrogens (primary N) is 1. The van der Waals surface area contributed by atoms with Gasteiger partial charge in [0.2, 0.25) is 11.8 Å². The van der Waals surface area contributed by atoms with Gasteiger partial charge in [-0.3, -0.25) is 14.6 Å². The number of nitrogens with one attached hydrogen (secondary N) is 2. The summed E-state index contributed by atoms with van der Waals surface area (Å²) in [6.45, 7) is 2.59. The average Bonchev–Trinajstić information content (AvgIpc) is 3.09. The second-order valence-electron chi connectivity index (χ2n) is 9.74. The Morgan fingerprint density at radius 2 is 1.79 bits per heavy atom. The number of carbonyl (C=O) groups excluding carboxylic acids is 3. The van der Waals surface area contributed by atoms with Crippen molar-refractivity contribution in [2.75, 3.05) is 55.2 Å². The molecule has 2 fully saturated rings. The van der Waals surface area contributed by atoms with Gasteiger partial charge >= 0.3 is 6.03 Å². The number of halogens is 1. The second kappa shape index (κ2) is 11.7. The van der Waals surface area contributed by atoms with Crippen LogP contribution in [0.2, 0.25) is 5.02 Å². The minimum Gasteiger partial charge on any atom is -0.384 e. The minimum atomic E-state index is -0.666. The first kappa shape index (κ1) is 26.5. The number of nitrogens with zero attached hydrogens (tertiary/aromatic N) is 5. The third-order valence-corrected chi connectivity index (χ3v) is 7.29. The zero-order valence-electron chi connectivity index (χ0n) is 21.5. The van der Waals surface area contributed by atoms with Gasteiger partial charge in [-0.05, 0) is 49.6 Å². The van der Waals surface area contributed by atoms with Gasteiger partial charge in [-0.15, -0.1) is 0 Å². The first-order chi connectivity index (χ1) is 18.9. The van der Waals surface area contributed by atoms with Crippen LogP contribution in [0.15, 0.2) is 48.8 Å². The zero-order chi connectivity index (χ0) is 27.4. The molecule has 2 aliphatic rings. The summed E-state index contributed by atoms with van der Waals surface area (Å²) in [5, 5.41) is 7.24. The summed E-state index contributed by atoms with van der Waals surface area (Å²) in [4.78, 5) is 52.7. The van der Waals surface area contributed by atoms with Gasteiger partial charge < -0.3 is 31.1 Å². The number of rotatable bonds is 5. The van der Waals surface area contributed by atoms with Crippen molar-refractivity contribution in [2.24, 2.45) is 0 Å². The summed E-state index contributed by atoms with van der Waals surface area (Å²) in [6, 6.07) is 9.82. The number of carbonyl (C=O) groups is 3. The number of piperazine rings is 1. The number of benzene rings is 1. The molecule has 0 bridgehead atoms. The summed E-state index contributed by atoms with van der Waals surface area (Å²) in [5.74, 6) is -0.114. The molecule has 1 aromatic carbocycles. The van der Waals surface area contributed by atoms with Crippen LogP contribution in [0.3, 0.4) is 0 Å². The first-order valence-electron chi connectivity index (χ1n) is 13.0. The third-order valence-electron chi connectivity index (χ3n) is 7.05. The number of pyridine rings is 2. The van der Waals surface area contributed by atoms with Crippen LogP contribution >= 0.6 is 11.6 Å². The molecule has 2 aliphatic heterocycles. The molecule has 4 N–H and O–H groups in total. The van der Waals surface area contributed by atoms with Gasteiger partial charge in [-0.1, -0.05) is 11.6 Å². The Labute approximate surface area is 231 Å². The Hall–Kier alpha value is -4.12. The van der Waals surface area contributed by atoms with Crippen molar-refractivity contribution in [3.63, 3.8) is 0 Å². The molecule has 0 saturated carbocycles. The number of hydrogen-bond acceptors (Lipinski definition) is 7. The lowest BCUT2D eigenvalue weighted by Gasteiger charge is -2.37. The first-order valence-corrected chi connectivity index (χ1v) is 13.4. The average molecular weight is 551 g/mol. The Morgan fingerprint density at radius 1 is 1.03 bits per heavy atom. The smallest absolute Gasteiger partial charge is 0.318 e. The van der Waals surface area contributed by atoms with Gasteiger partial charge in [0.15, 0.2) is 0 Å².